The van der Waals surface area contributed by atoms with Crippen LogP contribution in [0.15, 0.2) is 47.5 Å². The Hall–Kier alpha value is -1.96. The topological polar surface area (TPSA) is 111 Å². The molecule has 5 N–H and O–H groups in total. The number of nitrogens with two attached hydrogens (primary N) is 2. The van der Waals surface area contributed by atoms with Crippen LogP contribution in [0.1, 0.15) is 5.56 Å². The third-order valence-corrected chi connectivity index (χ3v) is 3.40. The predicted octanol–water partition coefficient (Wildman–Crippen LogP) is 0.931. The summed E-state index contributed by atoms with van der Waals surface area (Å²) >= 11 is 0. The first-order valence-corrected chi connectivity index (χ1v) is 7.08. The van der Waals surface area contributed by atoms with Gasteiger partial charge in [0.05, 0.1) is 0 Å². The van der Waals surface area contributed by atoms with Crippen LogP contribution in [0.5, 0.6) is 0 Å². The van der Waals surface area contributed by atoms with Crippen molar-refractivity contribution < 1.29 is 8.42 Å². The molecule has 0 saturated heterocycles. The molecule has 2 aromatic rings. The van der Waals surface area contributed by atoms with Crippen LogP contribution in [0, 0.1) is 0 Å². The summed E-state index contributed by atoms with van der Waals surface area (Å²) in [6.45, 7) is 0.452. The molecule has 0 spiro atoms. The van der Waals surface area contributed by atoms with Crippen molar-refractivity contribution in [1.82, 2.24) is 4.98 Å². The molecule has 0 amide bonds. The van der Waals surface area contributed by atoms with Gasteiger partial charge >= 0.3 is 0 Å². The zero-order valence-corrected chi connectivity index (χ0v) is 10.9. The van der Waals surface area contributed by atoms with Crippen LogP contribution in [0.3, 0.4) is 0 Å². The summed E-state index contributed by atoms with van der Waals surface area (Å²) in [6, 6.07) is 10.5. The van der Waals surface area contributed by atoms with Gasteiger partial charge in [0, 0.05) is 18.4 Å². The van der Waals surface area contributed by atoms with Crippen LogP contribution in [-0.2, 0) is 16.6 Å². The number of nitrogens with one attached hydrogen (secondary N) is 1. The molecule has 0 fully saturated rings. The number of pyridine rings is 1. The normalized spacial score (nSPS) is 11.3. The molecular formula is C12H14N4O2S. The van der Waals surface area contributed by atoms with E-state index in [1.165, 1.54) is 12.3 Å². The van der Waals surface area contributed by atoms with Crippen molar-refractivity contribution in [3.05, 3.63) is 48.2 Å². The Bertz CT molecular complexity index is 668. The lowest BCUT2D eigenvalue weighted by Crippen LogP contribution is -2.12. The van der Waals surface area contributed by atoms with E-state index < -0.39 is 10.0 Å². The molecule has 1 aromatic carbocycles. The Labute approximate surface area is 111 Å². The fraction of sp³-hybridized carbons (Fsp3) is 0.0833. The van der Waals surface area contributed by atoms with E-state index in [4.69, 9.17) is 10.9 Å². The minimum absolute atomic E-state index is 0.0197. The highest BCUT2D eigenvalue weighted by molar-refractivity contribution is 7.89. The first-order chi connectivity index (χ1) is 8.99. The van der Waals surface area contributed by atoms with Crippen molar-refractivity contribution >= 4 is 21.5 Å². The molecule has 6 nitrogen and oxygen atoms in total. The van der Waals surface area contributed by atoms with Gasteiger partial charge in [-0.3, -0.25) is 0 Å². The maximum Gasteiger partial charge on any atom is 0.239 e. The minimum Gasteiger partial charge on any atom is -0.340 e. The van der Waals surface area contributed by atoms with E-state index in [0.717, 1.165) is 11.3 Å². The summed E-state index contributed by atoms with van der Waals surface area (Å²) in [5.41, 5.74) is 7.38. The quantitative estimate of drug-likeness (QED) is 0.770. The Balaban J connectivity index is 2.19. The minimum atomic E-state index is -3.71. The molecule has 1 heterocycles. The van der Waals surface area contributed by atoms with Crippen LogP contribution < -0.4 is 16.2 Å². The lowest BCUT2D eigenvalue weighted by Gasteiger charge is -2.07. The molecule has 100 valence electrons. The molecule has 0 aliphatic rings. The fourth-order valence-corrected chi connectivity index (χ4v) is 2.00. The van der Waals surface area contributed by atoms with Crippen LogP contribution in [0.25, 0.3) is 0 Å². The van der Waals surface area contributed by atoms with Crippen molar-refractivity contribution in [2.24, 2.45) is 10.9 Å². The zero-order chi connectivity index (χ0) is 13.9. The number of hydrogen-bond acceptors (Lipinski definition) is 5. The van der Waals surface area contributed by atoms with Crippen LogP contribution in [0.2, 0.25) is 0 Å². The van der Waals surface area contributed by atoms with Crippen LogP contribution in [0.4, 0.5) is 11.5 Å². The third-order valence-electron chi connectivity index (χ3n) is 2.50. The van der Waals surface area contributed by atoms with E-state index in [9.17, 15) is 8.42 Å². The smallest absolute Gasteiger partial charge is 0.239 e. The fourth-order valence-electron chi connectivity index (χ4n) is 1.55. The first kappa shape index (κ1) is 13.5. The molecular weight excluding hydrogens is 264 g/mol. The van der Waals surface area contributed by atoms with Gasteiger partial charge in [-0.05, 0) is 29.8 Å². The number of aromatic nitrogens is 1. The molecule has 1 aromatic heterocycles. The summed E-state index contributed by atoms with van der Waals surface area (Å²) in [5, 5.41) is 8.05. The van der Waals surface area contributed by atoms with E-state index in [1.54, 1.807) is 6.07 Å². The largest absolute Gasteiger partial charge is 0.340 e. The highest BCUT2D eigenvalue weighted by atomic mass is 32.2. The van der Waals surface area contributed by atoms with Gasteiger partial charge < -0.3 is 11.1 Å². The second-order valence-electron chi connectivity index (χ2n) is 3.95. The standard InChI is InChI=1S/C12H14N4O2S/c13-7-9-2-1-3-10(6-9)16-12-5-4-11(8-15-12)19(14,17)18/h1-6,8H,7,13H2,(H,15,16)(H2,14,17,18). The van der Waals surface area contributed by atoms with Crippen molar-refractivity contribution in [3.63, 3.8) is 0 Å². The Morgan fingerprint density at radius 2 is 2.00 bits per heavy atom. The number of primary sulfonamides is 1. The van der Waals surface area contributed by atoms with E-state index in [0.29, 0.717) is 12.4 Å². The Kier molecular flexibility index (Phi) is 3.79. The van der Waals surface area contributed by atoms with E-state index in [1.807, 2.05) is 24.3 Å². The number of benzene rings is 1. The second-order valence-corrected chi connectivity index (χ2v) is 5.52. The van der Waals surface area contributed by atoms with Gasteiger partial charge in [-0.1, -0.05) is 12.1 Å². The third kappa shape index (κ3) is 3.50. The van der Waals surface area contributed by atoms with Gasteiger partial charge in [-0.2, -0.15) is 0 Å². The van der Waals surface area contributed by atoms with Gasteiger partial charge in [0.15, 0.2) is 0 Å². The van der Waals surface area contributed by atoms with Gasteiger partial charge in [0.2, 0.25) is 10.0 Å². The molecule has 0 radical (unpaired) electrons. The molecule has 0 unspecified atom stereocenters. The van der Waals surface area contributed by atoms with Crippen molar-refractivity contribution in [1.29, 1.82) is 0 Å². The molecule has 0 aliphatic carbocycles. The highest BCUT2D eigenvalue weighted by Gasteiger charge is 2.07. The molecule has 19 heavy (non-hydrogen) atoms. The average Bonchev–Trinajstić information content (AvgIpc) is 2.38. The van der Waals surface area contributed by atoms with Crippen molar-refractivity contribution in [3.8, 4) is 0 Å². The van der Waals surface area contributed by atoms with Gasteiger partial charge in [-0.15, -0.1) is 0 Å². The van der Waals surface area contributed by atoms with E-state index in [2.05, 4.69) is 10.3 Å². The highest BCUT2D eigenvalue weighted by Crippen LogP contribution is 2.16. The lowest BCUT2D eigenvalue weighted by atomic mass is 10.2. The number of hydrogen-bond donors (Lipinski definition) is 3. The Morgan fingerprint density at radius 3 is 2.58 bits per heavy atom. The number of sulfonamides is 1. The van der Waals surface area contributed by atoms with Gasteiger partial charge in [0.25, 0.3) is 0 Å². The SMILES string of the molecule is NCc1cccc(Nc2ccc(S(N)(=O)=O)cn2)c1. The maximum atomic E-state index is 11.1. The summed E-state index contributed by atoms with van der Waals surface area (Å²) in [7, 11) is -3.71. The molecule has 0 bridgehead atoms. The maximum absolute atomic E-state index is 11.1. The van der Waals surface area contributed by atoms with Crippen LogP contribution >= 0.6 is 0 Å². The molecule has 7 heteroatoms. The molecule has 0 aliphatic heterocycles. The molecule has 2 rings (SSSR count). The summed E-state index contributed by atoms with van der Waals surface area (Å²) in [6.07, 6.45) is 1.21. The number of rotatable bonds is 4. The van der Waals surface area contributed by atoms with E-state index in [-0.39, 0.29) is 4.90 Å². The molecule has 0 atom stereocenters. The number of anilines is 2. The Morgan fingerprint density at radius 1 is 1.21 bits per heavy atom. The monoisotopic (exact) mass is 278 g/mol. The molecule has 0 saturated carbocycles. The summed E-state index contributed by atoms with van der Waals surface area (Å²) in [4.78, 5) is 3.97. The first-order valence-electron chi connectivity index (χ1n) is 5.54. The summed E-state index contributed by atoms with van der Waals surface area (Å²) in [5.74, 6) is 0.529. The van der Waals surface area contributed by atoms with E-state index >= 15 is 0 Å². The summed E-state index contributed by atoms with van der Waals surface area (Å²) < 4.78 is 22.2. The second kappa shape index (κ2) is 5.35. The van der Waals surface area contributed by atoms with Gasteiger partial charge in [0.1, 0.15) is 10.7 Å². The number of nitrogens with zero attached hydrogens (tertiary/aromatic N) is 1. The van der Waals surface area contributed by atoms with Crippen molar-refractivity contribution in [2.75, 3.05) is 5.32 Å². The van der Waals surface area contributed by atoms with Gasteiger partial charge in [-0.25, -0.2) is 18.5 Å². The van der Waals surface area contributed by atoms with Crippen LogP contribution in [-0.4, -0.2) is 13.4 Å². The van der Waals surface area contributed by atoms with Crippen molar-refractivity contribution in [2.45, 2.75) is 11.4 Å². The predicted molar refractivity (Wildman–Crippen MR) is 73.2 cm³/mol. The lowest BCUT2D eigenvalue weighted by molar-refractivity contribution is 0.597. The average molecular weight is 278 g/mol. The zero-order valence-electron chi connectivity index (χ0n) is 10.1.